The number of carbonyl (C=O) groups is 1. The Hall–Kier alpha value is -1.16. The van der Waals surface area contributed by atoms with E-state index in [0.717, 1.165) is 5.56 Å². The molecule has 4 heteroatoms. The van der Waals surface area contributed by atoms with Crippen LogP contribution in [-0.2, 0) is 10.2 Å². The standard InChI is InChI=1S/C16H25NO2S/c1-15(2,3)11-7-8-13(18)12(9-11)17-14(19)10-20-16(4,5)6/h7-9,18H,10H2,1-6H3,(H,17,19). The van der Waals surface area contributed by atoms with Crippen molar-refractivity contribution >= 4 is 23.4 Å². The average Bonchev–Trinajstić information content (AvgIpc) is 2.27. The predicted molar refractivity (Wildman–Crippen MR) is 87.6 cm³/mol. The van der Waals surface area contributed by atoms with Gasteiger partial charge in [0.25, 0.3) is 0 Å². The van der Waals surface area contributed by atoms with Gasteiger partial charge in [-0.2, -0.15) is 0 Å². The number of benzene rings is 1. The van der Waals surface area contributed by atoms with Crippen LogP contribution in [0.4, 0.5) is 5.69 Å². The number of phenolic OH excluding ortho intramolecular Hbond substituents is 1. The smallest absolute Gasteiger partial charge is 0.234 e. The maximum atomic E-state index is 11.9. The molecule has 0 heterocycles. The van der Waals surface area contributed by atoms with Gasteiger partial charge in [-0.15, -0.1) is 11.8 Å². The highest BCUT2D eigenvalue weighted by molar-refractivity contribution is 8.01. The lowest BCUT2D eigenvalue weighted by Gasteiger charge is -2.21. The molecule has 0 saturated carbocycles. The third-order valence-electron chi connectivity index (χ3n) is 2.77. The first kappa shape index (κ1) is 16.9. The van der Waals surface area contributed by atoms with Gasteiger partial charge in [0.05, 0.1) is 11.4 Å². The van der Waals surface area contributed by atoms with E-state index in [4.69, 9.17) is 0 Å². The first-order valence-corrected chi connectivity index (χ1v) is 7.75. The van der Waals surface area contributed by atoms with Crippen LogP contribution in [-0.4, -0.2) is 21.5 Å². The van der Waals surface area contributed by atoms with Crippen LogP contribution in [0.2, 0.25) is 0 Å². The number of hydrogen-bond donors (Lipinski definition) is 2. The molecule has 0 spiro atoms. The maximum Gasteiger partial charge on any atom is 0.234 e. The summed E-state index contributed by atoms with van der Waals surface area (Å²) in [6, 6.07) is 5.36. The molecule has 0 bridgehead atoms. The van der Waals surface area contributed by atoms with E-state index in [1.165, 1.54) is 0 Å². The molecule has 1 aromatic carbocycles. The molecule has 0 aromatic heterocycles. The van der Waals surface area contributed by atoms with Gasteiger partial charge in [-0.05, 0) is 23.1 Å². The van der Waals surface area contributed by atoms with Crippen molar-refractivity contribution in [3.05, 3.63) is 23.8 Å². The normalized spacial score (nSPS) is 12.3. The minimum Gasteiger partial charge on any atom is -0.506 e. The third-order valence-corrected chi connectivity index (χ3v) is 4.05. The van der Waals surface area contributed by atoms with Crippen LogP contribution in [0.15, 0.2) is 18.2 Å². The fourth-order valence-electron chi connectivity index (χ4n) is 1.57. The summed E-state index contributed by atoms with van der Waals surface area (Å²) in [7, 11) is 0. The highest BCUT2D eigenvalue weighted by Gasteiger charge is 2.17. The second-order valence-corrected chi connectivity index (χ2v) is 8.73. The summed E-state index contributed by atoms with van der Waals surface area (Å²) in [5.74, 6) is 0.390. The van der Waals surface area contributed by atoms with Crippen LogP contribution >= 0.6 is 11.8 Å². The summed E-state index contributed by atoms with van der Waals surface area (Å²) in [5, 5.41) is 12.6. The van der Waals surface area contributed by atoms with Crippen molar-refractivity contribution in [2.45, 2.75) is 51.7 Å². The molecule has 1 amide bonds. The van der Waals surface area contributed by atoms with E-state index >= 15 is 0 Å². The SMILES string of the molecule is CC(C)(C)SCC(=O)Nc1cc(C(C)(C)C)ccc1O. The van der Waals surface area contributed by atoms with E-state index in [1.807, 2.05) is 12.1 Å². The molecule has 0 fully saturated rings. The van der Waals surface area contributed by atoms with E-state index < -0.39 is 0 Å². The van der Waals surface area contributed by atoms with Crippen molar-refractivity contribution in [3.63, 3.8) is 0 Å². The summed E-state index contributed by atoms with van der Waals surface area (Å²) >= 11 is 1.58. The highest BCUT2D eigenvalue weighted by atomic mass is 32.2. The molecule has 2 N–H and O–H groups in total. The fraction of sp³-hybridized carbons (Fsp3) is 0.562. The molecule has 0 saturated heterocycles. The molecule has 0 aliphatic carbocycles. The maximum absolute atomic E-state index is 11.9. The zero-order valence-electron chi connectivity index (χ0n) is 13.2. The molecule has 1 aromatic rings. The van der Waals surface area contributed by atoms with Gasteiger partial charge in [0, 0.05) is 4.75 Å². The molecule has 20 heavy (non-hydrogen) atoms. The van der Waals surface area contributed by atoms with Gasteiger partial charge in [0.2, 0.25) is 5.91 Å². The number of thioether (sulfide) groups is 1. The third kappa shape index (κ3) is 5.45. The fourth-order valence-corrected chi connectivity index (χ4v) is 2.21. The number of hydrogen-bond acceptors (Lipinski definition) is 3. The molecule has 0 unspecified atom stereocenters. The van der Waals surface area contributed by atoms with E-state index in [2.05, 4.69) is 46.9 Å². The van der Waals surface area contributed by atoms with Crippen molar-refractivity contribution in [2.75, 3.05) is 11.1 Å². The Bertz CT molecular complexity index is 484. The number of carbonyl (C=O) groups excluding carboxylic acids is 1. The van der Waals surface area contributed by atoms with Crippen molar-refractivity contribution in [3.8, 4) is 5.75 Å². The van der Waals surface area contributed by atoms with Crippen molar-refractivity contribution in [1.29, 1.82) is 0 Å². The number of phenols is 1. The summed E-state index contributed by atoms with van der Waals surface area (Å²) in [6.45, 7) is 12.5. The second-order valence-electron chi connectivity index (χ2n) is 6.93. The Morgan fingerprint density at radius 3 is 2.30 bits per heavy atom. The summed E-state index contributed by atoms with van der Waals surface area (Å²) in [6.07, 6.45) is 0. The molecule has 0 radical (unpaired) electrons. The Morgan fingerprint density at radius 2 is 1.80 bits per heavy atom. The lowest BCUT2D eigenvalue weighted by atomic mass is 9.87. The van der Waals surface area contributed by atoms with Crippen LogP contribution in [0, 0.1) is 0 Å². The molecule has 1 rings (SSSR count). The minimum atomic E-state index is -0.0914. The van der Waals surface area contributed by atoms with Crippen molar-refractivity contribution in [2.24, 2.45) is 0 Å². The van der Waals surface area contributed by atoms with Gasteiger partial charge in [0.15, 0.2) is 0 Å². The first-order valence-electron chi connectivity index (χ1n) is 6.76. The largest absolute Gasteiger partial charge is 0.506 e. The number of nitrogens with one attached hydrogen (secondary N) is 1. The van der Waals surface area contributed by atoms with Gasteiger partial charge in [0.1, 0.15) is 5.75 Å². The molecular formula is C16H25NO2S. The Labute approximate surface area is 126 Å². The molecule has 3 nitrogen and oxygen atoms in total. The van der Waals surface area contributed by atoms with Crippen LogP contribution in [0.25, 0.3) is 0 Å². The second kappa shape index (κ2) is 6.08. The molecule has 0 aliphatic rings. The Kier molecular flexibility index (Phi) is 5.14. The monoisotopic (exact) mass is 295 g/mol. The van der Waals surface area contributed by atoms with E-state index in [9.17, 15) is 9.90 Å². The molecule has 0 atom stereocenters. The highest BCUT2D eigenvalue weighted by Crippen LogP contribution is 2.31. The zero-order valence-corrected chi connectivity index (χ0v) is 14.0. The predicted octanol–water partition coefficient (Wildman–Crippen LogP) is 4.16. The van der Waals surface area contributed by atoms with Gasteiger partial charge in [-0.1, -0.05) is 47.6 Å². The summed E-state index contributed by atoms with van der Waals surface area (Å²) in [4.78, 5) is 11.9. The van der Waals surface area contributed by atoms with Crippen LogP contribution in [0.1, 0.15) is 47.1 Å². The molecule has 112 valence electrons. The lowest BCUT2D eigenvalue weighted by molar-refractivity contribution is -0.113. The van der Waals surface area contributed by atoms with E-state index in [0.29, 0.717) is 11.4 Å². The van der Waals surface area contributed by atoms with Gasteiger partial charge < -0.3 is 10.4 Å². The van der Waals surface area contributed by atoms with E-state index in [-0.39, 0.29) is 21.8 Å². The van der Waals surface area contributed by atoms with Crippen LogP contribution in [0.3, 0.4) is 0 Å². The van der Waals surface area contributed by atoms with Gasteiger partial charge in [-0.25, -0.2) is 0 Å². The summed E-state index contributed by atoms with van der Waals surface area (Å²) < 4.78 is 0.0483. The molecule has 0 aliphatic heterocycles. The zero-order chi connectivity index (χ0) is 15.6. The van der Waals surface area contributed by atoms with Crippen molar-refractivity contribution < 1.29 is 9.90 Å². The minimum absolute atomic E-state index is 0.0205. The quantitative estimate of drug-likeness (QED) is 0.823. The number of rotatable bonds is 3. The summed E-state index contributed by atoms with van der Waals surface area (Å²) in [5.41, 5.74) is 1.54. The topological polar surface area (TPSA) is 49.3 Å². The average molecular weight is 295 g/mol. The van der Waals surface area contributed by atoms with Crippen LogP contribution in [0.5, 0.6) is 5.75 Å². The lowest BCUT2D eigenvalue weighted by Crippen LogP contribution is -2.19. The Balaban J connectivity index is 2.79. The van der Waals surface area contributed by atoms with Crippen LogP contribution < -0.4 is 5.32 Å². The van der Waals surface area contributed by atoms with Gasteiger partial charge >= 0.3 is 0 Å². The number of aromatic hydroxyl groups is 1. The van der Waals surface area contributed by atoms with E-state index in [1.54, 1.807) is 17.8 Å². The first-order chi connectivity index (χ1) is 8.99. The molecular weight excluding hydrogens is 270 g/mol. The number of amides is 1. The van der Waals surface area contributed by atoms with Crippen molar-refractivity contribution in [1.82, 2.24) is 0 Å². The van der Waals surface area contributed by atoms with Gasteiger partial charge in [-0.3, -0.25) is 4.79 Å². The number of anilines is 1. The Morgan fingerprint density at radius 1 is 1.20 bits per heavy atom.